The summed E-state index contributed by atoms with van der Waals surface area (Å²) in [5.41, 5.74) is 0.270. The lowest BCUT2D eigenvalue weighted by Gasteiger charge is -2.14. The van der Waals surface area contributed by atoms with Crippen LogP contribution in [-0.4, -0.2) is 43.3 Å². The van der Waals surface area contributed by atoms with Gasteiger partial charge in [0.2, 0.25) is 0 Å². The van der Waals surface area contributed by atoms with Crippen LogP contribution < -0.4 is 15.0 Å². The quantitative estimate of drug-likeness (QED) is 0.456. The van der Waals surface area contributed by atoms with Crippen LogP contribution in [-0.2, 0) is 25.8 Å². The molecule has 0 aliphatic heterocycles. The summed E-state index contributed by atoms with van der Waals surface area (Å²) < 4.78 is 40.0. The van der Waals surface area contributed by atoms with Crippen LogP contribution >= 0.6 is 0 Å². The molecule has 2 aromatic carbocycles. The highest BCUT2D eigenvalue weighted by atomic mass is 32.2. The van der Waals surface area contributed by atoms with Crippen molar-refractivity contribution in [3.05, 3.63) is 64.6 Å². The van der Waals surface area contributed by atoms with Crippen molar-refractivity contribution in [1.82, 2.24) is 9.97 Å². The molecule has 1 N–H and O–H groups in total. The van der Waals surface area contributed by atoms with Gasteiger partial charge in [-0.05, 0) is 57.2 Å². The molecule has 0 aliphatic carbocycles. The van der Waals surface area contributed by atoms with Gasteiger partial charge in [-0.15, -0.1) is 0 Å². The Morgan fingerprint density at radius 1 is 1.06 bits per heavy atom. The first-order chi connectivity index (χ1) is 16.0. The van der Waals surface area contributed by atoms with Gasteiger partial charge in [0.25, 0.3) is 5.56 Å². The van der Waals surface area contributed by atoms with Gasteiger partial charge in [-0.3, -0.25) is 9.59 Å². The second-order valence-electron chi connectivity index (χ2n) is 7.77. The molecule has 0 radical (unpaired) electrons. The second-order valence-corrected chi connectivity index (χ2v) is 9.79. The third-order valence-corrected chi connectivity index (χ3v) is 5.65. The number of nitrogens with zero attached hydrogens (tertiary/aromatic N) is 1. The zero-order valence-electron chi connectivity index (χ0n) is 19.3. The summed E-state index contributed by atoms with van der Waals surface area (Å²) in [6.45, 7) is 5.67. The number of H-pyrrole nitrogens is 1. The van der Waals surface area contributed by atoms with Crippen molar-refractivity contribution in [2.24, 2.45) is 0 Å². The van der Waals surface area contributed by atoms with Gasteiger partial charge in [0, 0.05) is 29.6 Å². The van der Waals surface area contributed by atoms with Crippen molar-refractivity contribution < 1.29 is 27.4 Å². The Kier molecular flexibility index (Phi) is 7.72. The summed E-state index contributed by atoms with van der Waals surface area (Å²) in [4.78, 5) is 31.3. The van der Waals surface area contributed by atoms with Crippen LogP contribution in [0.3, 0.4) is 0 Å². The van der Waals surface area contributed by atoms with E-state index in [9.17, 15) is 18.0 Å². The van der Waals surface area contributed by atoms with E-state index in [0.29, 0.717) is 22.8 Å². The molecule has 0 saturated heterocycles. The molecular formula is C24H26N2O7S. The maximum absolute atomic E-state index is 12.5. The van der Waals surface area contributed by atoms with Crippen LogP contribution in [0.15, 0.2) is 58.4 Å². The highest BCUT2D eigenvalue weighted by Crippen LogP contribution is 2.32. The fourth-order valence-electron chi connectivity index (χ4n) is 3.06. The van der Waals surface area contributed by atoms with Gasteiger partial charge in [0.1, 0.15) is 23.1 Å². The first-order valence-electron chi connectivity index (χ1n) is 10.6. The third kappa shape index (κ3) is 6.67. The van der Waals surface area contributed by atoms with E-state index in [-0.39, 0.29) is 35.4 Å². The van der Waals surface area contributed by atoms with Crippen molar-refractivity contribution in [3.8, 4) is 28.6 Å². The zero-order chi connectivity index (χ0) is 24.9. The molecule has 34 heavy (non-hydrogen) atoms. The molecule has 0 aliphatic rings. The smallest absolute Gasteiger partial charge is 0.310 e. The summed E-state index contributed by atoms with van der Waals surface area (Å²) in [7, 11) is -3.32. The minimum absolute atomic E-state index is 0.115. The van der Waals surface area contributed by atoms with Crippen molar-refractivity contribution in [3.63, 3.8) is 0 Å². The maximum Gasteiger partial charge on any atom is 0.310 e. The van der Waals surface area contributed by atoms with E-state index >= 15 is 0 Å². The second kappa shape index (κ2) is 10.5. The average Bonchev–Trinajstić information content (AvgIpc) is 2.74. The molecule has 0 fully saturated rings. The molecule has 0 unspecified atom stereocenters. The molecule has 3 aromatic rings. The Morgan fingerprint density at radius 2 is 1.74 bits per heavy atom. The van der Waals surface area contributed by atoms with Gasteiger partial charge in [0.05, 0.1) is 24.0 Å². The highest BCUT2D eigenvalue weighted by molar-refractivity contribution is 7.90. The Balaban J connectivity index is 1.93. The number of carbonyl (C=O) groups is 1. The van der Waals surface area contributed by atoms with Crippen LogP contribution in [0.25, 0.3) is 11.4 Å². The number of ether oxygens (including phenoxy) is 3. The van der Waals surface area contributed by atoms with Gasteiger partial charge < -0.3 is 19.2 Å². The number of sulfone groups is 1. The van der Waals surface area contributed by atoms with Gasteiger partial charge >= 0.3 is 5.97 Å². The number of hydrogen-bond donors (Lipinski definition) is 1. The van der Waals surface area contributed by atoms with Crippen LogP contribution in [0, 0.1) is 0 Å². The predicted molar refractivity (Wildman–Crippen MR) is 126 cm³/mol. The number of aromatic nitrogens is 2. The van der Waals surface area contributed by atoms with E-state index in [1.54, 1.807) is 37.3 Å². The van der Waals surface area contributed by atoms with Crippen molar-refractivity contribution >= 4 is 15.8 Å². The van der Waals surface area contributed by atoms with E-state index in [1.165, 1.54) is 18.3 Å². The number of nitrogens with one attached hydrogen (secondary N) is 1. The lowest BCUT2D eigenvalue weighted by atomic mass is 10.1. The van der Waals surface area contributed by atoms with Crippen molar-refractivity contribution in [2.45, 2.75) is 38.2 Å². The normalized spacial score (nSPS) is 11.3. The lowest BCUT2D eigenvalue weighted by Crippen LogP contribution is -2.19. The number of esters is 1. The number of benzene rings is 2. The molecule has 0 amide bonds. The average molecular weight is 487 g/mol. The zero-order valence-corrected chi connectivity index (χ0v) is 20.1. The van der Waals surface area contributed by atoms with E-state index in [2.05, 4.69) is 9.97 Å². The number of rotatable bonds is 9. The minimum atomic E-state index is -3.32. The molecule has 1 aromatic heterocycles. The lowest BCUT2D eigenvalue weighted by molar-refractivity contribution is -0.142. The molecule has 1 heterocycles. The number of carbonyl (C=O) groups excluding carboxylic acids is 1. The topological polar surface area (TPSA) is 125 Å². The molecule has 180 valence electrons. The molecule has 0 spiro atoms. The molecule has 0 saturated carbocycles. The summed E-state index contributed by atoms with van der Waals surface area (Å²) in [6, 6.07) is 11.1. The first-order valence-corrected chi connectivity index (χ1v) is 12.5. The van der Waals surface area contributed by atoms with Gasteiger partial charge in [-0.1, -0.05) is 0 Å². The molecular weight excluding hydrogens is 460 g/mol. The molecule has 10 heteroatoms. The Hall–Kier alpha value is -3.66. The number of aromatic amines is 1. The van der Waals surface area contributed by atoms with Crippen LogP contribution in [0.4, 0.5) is 0 Å². The van der Waals surface area contributed by atoms with Crippen LogP contribution in [0.2, 0.25) is 0 Å². The summed E-state index contributed by atoms with van der Waals surface area (Å²) >= 11 is 0. The Morgan fingerprint density at radius 3 is 2.32 bits per heavy atom. The first kappa shape index (κ1) is 25.0. The van der Waals surface area contributed by atoms with Crippen LogP contribution in [0.5, 0.6) is 17.2 Å². The summed E-state index contributed by atoms with van der Waals surface area (Å²) in [6.07, 6.45) is 2.18. The summed E-state index contributed by atoms with van der Waals surface area (Å²) in [5.74, 6) is 1.08. The highest BCUT2D eigenvalue weighted by Gasteiger charge is 2.13. The Labute approximate surface area is 197 Å². The fourth-order valence-corrected chi connectivity index (χ4v) is 3.69. The van der Waals surface area contributed by atoms with E-state index in [1.807, 2.05) is 13.8 Å². The molecule has 0 atom stereocenters. The van der Waals surface area contributed by atoms with Gasteiger partial charge in [0.15, 0.2) is 9.84 Å². The third-order valence-electron chi connectivity index (χ3n) is 4.53. The SMILES string of the molecule is CCOC(=O)Cc1cnc(-c2cc(Oc3ccc(S(C)(=O)=O)cc3)cc(OC(C)C)c2)[nH]c1=O. The fraction of sp³-hybridized carbons (Fsp3) is 0.292. The van der Waals surface area contributed by atoms with E-state index in [0.717, 1.165) is 6.26 Å². The standard InChI is InChI=1S/C24H26N2O7S/c1-5-31-22(27)12-17-14-25-23(26-24(17)28)16-10-19(32-15(2)3)13-20(11-16)33-18-6-8-21(9-7-18)34(4,29)30/h6-11,13-15H,5,12H2,1-4H3,(H,25,26,28). The maximum atomic E-state index is 12.5. The molecule has 3 rings (SSSR count). The van der Waals surface area contributed by atoms with Gasteiger partial charge in [-0.2, -0.15) is 0 Å². The van der Waals surface area contributed by atoms with Gasteiger partial charge in [-0.25, -0.2) is 13.4 Å². The Bertz CT molecular complexity index is 1330. The van der Waals surface area contributed by atoms with E-state index < -0.39 is 21.4 Å². The van der Waals surface area contributed by atoms with Crippen molar-refractivity contribution in [1.29, 1.82) is 0 Å². The largest absolute Gasteiger partial charge is 0.491 e. The predicted octanol–water partition coefficient (Wildman–Crippen LogP) is 3.53. The van der Waals surface area contributed by atoms with Crippen LogP contribution in [0.1, 0.15) is 26.3 Å². The summed E-state index contributed by atoms with van der Waals surface area (Å²) in [5, 5.41) is 0. The number of hydrogen-bond acceptors (Lipinski definition) is 8. The van der Waals surface area contributed by atoms with Crippen molar-refractivity contribution in [2.75, 3.05) is 12.9 Å². The van der Waals surface area contributed by atoms with E-state index in [4.69, 9.17) is 14.2 Å². The monoisotopic (exact) mass is 486 g/mol. The molecule has 9 nitrogen and oxygen atoms in total. The molecule has 0 bridgehead atoms. The minimum Gasteiger partial charge on any atom is -0.491 e.